The molecule has 3 heterocycles. The third-order valence-electron chi connectivity index (χ3n) is 5.74. The molecule has 1 aliphatic heterocycles. The number of aromatic nitrogens is 4. The summed E-state index contributed by atoms with van der Waals surface area (Å²) in [5.41, 5.74) is 6.62. The van der Waals surface area contributed by atoms with Gasteiger partial charge in [0.1, 0.15) is 11.6 Å². The maximum Gasteiger partial charge on any atom is 0.162 e. The Hall–Kier alpha value is -3.15. The van der Waals surface area contributed by atoms with E-state index in [1.165, 1.54) is 0 Å². The van der Waals surface area contributed by atoms with Gasteiger partial charge in [0, 0.05) is 17.1 Å². The Kier molecular flexibility index (Phi) is 3.30. The molecular weight excluding hydrogens is 353 g/mol. The second-order valence-electron chi connectivity index (χ2n) is 8.14. The van der Waals surface area contributed by atoms with E-state index in [0.29, 0.717) is 0 Å². The lowest BCUT2D eigenvalue weighted by Crippen LogP contribution is -2.36. The summed E-state index contributed by atoms with van der Waals surface area (Å²) < 4.78 is 16.5. The molecule has 1 aliphatic rings. The molecule has 0 saturated heterocycles. The molecule has 0 spiro atoms. The van der Waals surface area contributed by atoms with E-state index >= 15 is 0 Å². The highest BCUT2D eigenvalue weighted by Crippen LogP contribution is 2.42. The fourth-order valence-corrected chi connectivity index (χ4v) is 4.35. The van der Waals surface area contributed by atoms with Crippen molar-refractivity contribution in [1.82, 2.24) is 19.7 Å². The number of halogens is 1. The van der Waals surface area contributed by atoms with Gasteiger partial charge in [-0.15, -0.1) is 10.2 Å². The maximum absolute atomic E-state index is 14.4. The van der Waals surface area contributed by atoms with Crippen molar-refractivity contribution < 1.29 is 4.39 Å². The zero-order valence-electron chi connectivity index (χ0n) is 16.6. The van der Waals surface area contributed by atoms with Gasteiger partial charge < -0.3 is 10.3 Å². The topological polar surface area (TPSA) is 58.5 Å². The molecule has 2 aromatic carbocycles. The number of rotatable bonds is 1. The third-order valence-corrected chi connectivity index (χ3v) is 5.74. The first-order chi connectivity index (χ1) is 13.3. The lowest BCUT2D eigenvalue weighted by atomic mass is 9.92. The Morgan fingerprint density at radius 2 is 1.82 bits per heavy atom. The van der Waals surface area contributed by atoms with Crippen molar-refractivity contribution in [2.24, 2.45) is 0 Å². The van der Waals surface area contributed by atoms with E-state index in [1.807, 2.05) is 20.0 Å². The highest BCUT2D eigenvalue weighted by molar-refractivity contribution is 5.98. The zero-order chi connectivity index (χ0) is 19.8. The molecule has 0 fully saturated rings. The third kappa shape index (κ3) is 2.17. The average molecular weight is 375 g/mol. The fourth-order valence-electron chi connectivity index (χ4n) is 4.35. The van der Waals surface area contributed by atoms with E-state index in [-0.39, 0.29) is 11.4 Å². The molecule has 28 heavy (non-hydrogen) atoms. The Morgan fingerprint density at radius 1 is 1.04 bits per heavy atom. The summed E-state index contributed by atoms with van der Waals surface area (Å²) in [7, 11) is 0. The minimum atomic E-state index is -0.328. The maximum atomic E-state index is 14.4. The zero-order valence-corrected chi connectivity index (χ0v) is 16.6. The summed E-state index contributed by atoms with van der Waals surface area (Å²) in [6.45, 7) is 10.2. The predicted octanol–water partition coefficient (Wildman–Crippen LogP) is 5.14. The lowest BCUT2D eigenvalue weighted by Gasteiger charge is -2.35. The Balaban J connectivity index is 1.83. The Bertz CT molecular complexity index is 1260. The van der Waals surface area contributed by atoms with Crippen LogP contribution in [0.3, 0.4) is 0 Å². The van der Waals surface area contributed by atoms with Gasteiger partial charge >= 0.3 is 0 Å². The number of hydrogen-bond donors (Lipinski definition) is 2. The largest absolute Gasteiger partial charge is 0.371 e. The van der Waals surface area contributed by atoms with Crippen LogP contribution in [0.5, 0.6) is 0 Å². The fraction of sp³-hybridized carbons (Fsp3) is 0.273. The average Bonchev–Trinajstić information content (AvgIpc) is 3.19. The number of aromatic amines is 1. The van der Waals surface area contributed by atoms with Crippen LogP contribution in [0.25, 0.3) is 27.7 Å². The summed E-state index contributed by atoms with van der Waals surface area (Å²) in [4.78, 5) is 3.31. The summed E-state index contributed by atoms with van der Waals surface area (Å²) in [6, 6.07) is 7.32. The molecule has 0 amide bonds. The molecule has 5 nitrogen and oxygen atoms in total. The first-order valence-electron chi connectivity index (χ1n) is 9.40. The second-order valence-corrected chi connectivity index (χ2v) is 8.14. The van der Waals surface area contributed by atoms with Crippen LogP contribution in [0.15, 0.2) is 30.5 Å². The van der Waals surface area contributed by atoms with Gasteiger partial charge in [0.05, 0.1) is 22.4 Å². The molecule has 0 aliphatic carbocycles. The van der Waals surface area contributed by atoms with E-state index in [4.69, 9.17) is 0 Å². The lowest BCUT2D eigenvalue weighted by molar-refractivity contribution is 0.535. The van der Waals surface area contributed by atoms with E-state index in [0.717, 1.165) is 56.2 Å². The van der Waals surface area contributed by atoms with Crippen LogP contribution in [0.1, 0.15) is 36.6 Å². The van der Waals surface area contributed by atoms with Gasteiger partial charge in [-0.25, -0.2) is 4.39 Å². The number of nitrogens with zero attached hydrogens (tertiary/aromatic N) is 3. The molecule has 0 unspecified atom stereocenters. The minimum Gasteiger partial charge on any atom is -0.371 e. The number of benzene rings is 2. The van der Waals surface area contributed by atoms with Gasteiger partial charge in [-0.2, -0.15) is 0 Å². The molecule has 142 valence electrons. The van der Waals surface area contributed by atoms with Gasteiger partial charge in [0.15, 0.2) is 5.82 Å². The SMILES string of the molecule is Cc1c(-c2cc(F)cc3c(C)c[nH]c23)ccc2c1-n1c(C)nnc1C(C)(C)N2. The van der Waals surface area contributed by atoms with Crippen LogP contribution in [0.4, 0.5) is 10.1 Å². The van der Waals surface area contributed by atoms with Gasteiger partial charge in [0.2, 0.25) is 0 Å². The van der Waals surface area contributed by atoms with Gasteiger partial charge in [0.25, 0.3) is 0 Å². The van der Waals surface area contributed by atoms with Gasteiger partial charge in [-0.3, -0.25) is 4.57 Å². The molecule has 0 bridgehead atoms. The number of fused-ring (bicyclic) bond motifs is 4. The van der Waals surface area contributed by atoms with Crippen molar-refractivity contribution in [2.75, 3.05) is 5.32 Å². The van der Waals surface area contributed by atoms with Crippen LogP contribution in [-0.2, 0) is 5.54 Å². The molecule has 6 heteroatoms. The number of aryl methyl sites for hydroxylation is 2. The van der Waals surface area contributed by atoms with Crippen molar-refractivity contribution >= 4 is 16.6 Å². The van der Waals surface area contributed by atoms with Crippen LogP contribution in [-0.4, -0.2) is 19.7 Å². The van der Waals surface area contributed by atoms with Crippen molar-refractivity contribution in [3.05, 3.63) is 59.1 Å². The first-order valence-corrected chi connectivity index (χ1v) is 9.40. The number of anilines is 1. The monoisotopic (exact) mass is 375 g/mol. The van der Waals surface area contributed by atoms with Crippen LogP contribution >= 0.6 is 0 Å². The van der Waals surface area contributed by atoms with Crippen molar-refractivity contribution in [1.29, 1.82) is 0 Å². The molecule has 2 aromatic heterocycles. The smallest absolute Gasteiger partial charge is 0.162 e. The molecule has 0 radical (unpaired) electrons. The quantitative estimate of drug-likeness (QED) is 0.484. The molecular formula is C22H22FN5. The highest BCUT2D eigenvalue weighted by atomic mass is 19.1. The van der Waals surface area contributed by atoms with Crippen LogP contribution in [0, 0.1) is 26.6 Å². The number of hydrogen-bond acceptors (Lipinski definition) is 3. The highest BCUT2D eigenvalue weighted by Gasteiger charge is 2.35. The van der Waals surface area contributed by atoms with E-state index in [1.54, 1.807) is 12.1 Å². The minimum absolute atomic E-state index is 0.234. The predicted molar refractivity (Wildman–Crippen MR) is 109 cm³/mol. The van der Waals surface area contributed by atoms with Crippen LogP contribution in [0.2, 0.25) is 0 Å². The van der Waals surface area contributed by atoms with E-state index in [9.17, 15) is 4.39 Å². The summed E-state index contributed by atoms with van der Waals surface area (Å²) in [5.74, 6) is 1.48. The molecule has 4 aromatic rings. The summed E-state index contributed by atoms with van der Waals surface area (Å²) in [5, 5.41) is 13.2. The van der Waals surface area contributed by atoms with E-state index in [2.05, 4.69) is 58.0 Å². The van der Waals surface area contributed by atoms with Gasteiger partial charge in [-0.05, 0) is 69.5 Å². The van der Waals surface area contributed by atoms with Crippen molar-refractivity contribution in [3.63, 3.8) is 0 Å². The molecule has 0 saturated carbocycles. The summed E-state index contributed by atoms with van der Waals surface area (Å²) >= 11 is 0. The normalized spacial score (nSPS) is 14.6. The van der Waals surface area contributed by atoms with Crippen molar-refractivity contribution in [3.8, 4) is 16.8 Å². The van der Waals surface area contributed by atoms with Crippen molar-refractivity contribution in [2.45, 2.75) is 40.2 Å². The number of nitrogens with one attached hydrogen (secondary N) is 2. The first kappa shape index (κ1) is 17.0. The van der Waals surface area contributed by atoms with Crippen LogP contribution < -0.4 is 5.32 Å². The number of H-pyrrole nitrogens is 1. The standard InChI is InChI=1S/C22H22FN5/c1-11-10-24-19-16(11)8-14(23)9-17(19)15-6-7-18-20(12(15)2)28-13(3)26-27-21(28)22(4,5)25-18/h6-10,24-25H,1-5H3. The Morgan fingerprint density at radius 3 is 2.61 bits per heavy atom. The molecule has 2 N–H and O–H groups in total. The second kappa shape index (κ2) is 5.44. The molecule has 5 rings (SSSR count). The molecule has 0 atom stereocenters. The summed E-state index contributed by atoms with van der Waals surface area (Å²) in [6.07, 6.45) is 1.92. The van der Waals surface area contributed by atoms with E-state index < -0.39 is 0 Å². The van der Waals surface area contributed by atoms with Gasteiger partial charge in [-0.1, -0.05) is 6.07 Å². The Labute approximate surface area is 162 Å².